The topological polar surface area (TPSA) is 52.6 Å². The van der Waals surface area contributed by atoms with Crippen molar-refractivity contribution in [3.63, 3.8) is 0 Å². The van der Waals surface area contributed by atoms with Crippen LogP contribution in [-0.2, 0) is 31.9 Å². The van der Waals surface area contributed by atoms with Gasteiger partial charge in [-0.3, -0.25) is 0 Å². The lowest BCUT2D eigenvalue weighted by Gasteiger charge is -2.28. The van der Waals surface area contributed by atoms with Gasteiger partial charge in [0.05, 0.1) is 13.2 Å². The molecule has 0 spiro atoms. The number of rotatable bonds is 11. The fourth-order valence-corrected chi connectivity index (χ4v) is 6.88. The number of thiophene rings is 1. The Morgan fingerprint density at radius 2 is 1.71 bits per heavy atom. The van der Waals surface area contributed by atoms with Crippen LogP contribution in [0.4, 0.5) is 0 Å². The van der Waals surface area contributed by atoms with Crippen LogP contribution in [0.25, 0.3) is 10.1 Å². The van der Waals surface area contributed by atoms with E-state index in [-0.39, 0.29) is 13.2 Å². The third-order valence-corrected chi connectivity index (χ3v) is 8.44. The Balaban J connectivity index is 1.94. The van der Waals surface area contributed by atoms with Crippen molar-refractivity contribution in [1.29, 1.82) is 0 Å². The molecule has 0 N–H and O–H groups in total. The Labute approximate surface area is 194 Å². The highest BCUT2D eigenvalue weighted by Gasteiger charge is 2.49. The molecule has 1 aromatic carbocycles. The smallest absolute Gasteiger partial charge is 0.334 e. The summed E-state index contributed by atoms with van der Waals surface area (Å²) >= 11 is 3.16. The Bertz CT molecular complexity index is 884. The number of hydrogen-bond donors (Lipinski definition) is 0. The van der Waals surface area contributed by atoms with Crippen molar-refractivity contribution in [3.8, 4) is 0 Å². The van der Waals surface area contributed by atoms with Gasteiger partial charge in [-0.2, -0.15) is 0 Å². The Morgan fingerprint density at radius 1 is 1.00 bits per heavy atom. The quantitative estimate of drug-likeness (QED) is 0.161. The molecule has 0 fully saturated rings. The molecular weight excluding hydrogens is 428 g/mol. The molecule has 3 rings (SSSR count). The van der Waals surface area contributed by atoms with Gasteiger partial charge in [0.15, 0.2) is 0 Å². The van der Waals surface area contributed by atoms with Crippen LogP contribution < -0.4 is 0 Å². The summed E-state index contributed by atoms with van der Waals surface area (Å²) in [4.78, 5) is 28.7. The summed E-state index contributed by atoms with van der Waals surface area (Å²) in [6.45, 7) is 6.18. The van der Waals surface area contributed by atoms with Crippen LogP contribution >= 0.6 is 23.1 Å². The molecule has 170 valence electrons. The lowest BCUT2D eigenvalue weighted by molar-refractivity contribution is -0.159. The average Bonchev–Trinajstić information content (AvgIpc) is 3.14. The van der Waals surface area contributed by atoms with Crippen molar-refractivity contribution in [3.05, 3.63) is 28.6 Å². The summed E-state index contributed by atoms with van der Waals surface area (Å²) < 4.78 is 10.7. The maximum absolute atomic E-state index is 13.1. The summed E-state index contributed by atoms with van der Waals surface area (Å²) in [5, 5.41) is 1.32. The van der Waals surface area contributed by atoms with E-state index in [4.69, 9.17) is 9.47 Å². The van der Waals surface area contributed by atoms with Gasteiger partial charge in [-0.1, -0.05) is 50.4 Å². The van der Waals surface area contributed by atoms with E-state index in [1.54, 1.807) is 13.8 Å². The maximum Gasteiger partial charge on any atom is 0.334 e. The first-order valence-electron chi connectivity index (χ1n) is 11.6. The summed E-state index contributed by atoms with van der Waals surface area (Å²) in [5.41, 5.74) is 1.49. The molecule has 1 aliphatic carbocycles. The highest BCUT2D eigenvalue weighted by molar-refractivity contribution is 8.02. The second kappa shape index (κ2) is 11.4. The predicted molar refractivity (Wildman–Crippen MR) is 129 cm³/mol. The van der Waals surface area contributed by atoms with Crippen LogP contribution in [0, 0.1) is 0 Å². The number of ether oxygens (including phenoxy) is 2. The Morgan fingerprint density at radius 3 is 2.39 bits per heavy atom. The monoisotopic (exact) mass is 462 g/mol. The first kappa shape index (κ1) is 24.1. The van der Waals surface area contributed by atoms with E-state index in [0.717, 1.165) is 43.4 Å². The minimum absolute atomic E-state index is 0.242. The highest BCUT2D eigenvalue weighted by Crippen LogP contribution is 2.43. The van der Waals surface area contributed by atoms with E-state index in [2.05, 4.69) is 19.1 Å². The van der Waals surface area contributed by atoms with Crippen molar-refractivity contribution >= 4 is 45.1 Å². The number of carbonyl (C=O) groups excluding carboxylic acids is 2. The highest BCUT2D eigenvalue weighted by atomic mass is 32.2. The molecule has 0 atom stereocenters. The third-order valence-electron chi connectivity index (χ3n) is 5.81. The molecule has 0 saturated carbocycles. The van der Waals surface area contributed by atoms with Crippen LogP contribution in [0.15, 0.2) is 23.1 Å². The van der Waals surface area contributed by atoms with E-state index < -0.39 is 16.7 Å². The fourth-order valence-electron chi connectivity index (χ4n) is 4.23. The van der Waals surface area contributed by atoms with E-state index in [9.17, 15) is 9.59 Å². The molecule has 0 aliphatic heterocycles. The number of carbonyl (C=O) groups is 2. The number of benzene rings is 1. The lowest BCUT2D eigenvalue weighted by Crippen LogP contribution is -2.46. The van der Waals surface area contributed by atoms with Crippen molar-refractivity contribution in [2.75, 3.05) is 13.2 Å². The molecule has 0 amide bonds. The second-order valence-corrected chi connectivity index (χ2v) is 10.6. The normalized spacial score (nSPS) is 13.8. The minimum Gasteiger partial charge on any atom is -0.465 e. The zero-order valence-electron chi connectivity index (χ0n) is 19.0. The van der Waals surface area contributed by atoms with Crippen LogP contribution in [0.1, 0.15) is 76.2 Å². The van der Waals surface area contributed by atoms with Crippen molar-refractivity contribution in [1.82, 2.24) is 0 Å². The molecule has 0 radical (unpaired) electrons. The molecule has 0 bridgehead atoms. The summed E-state index contributed by atoms with van der Waals surface area (Å²) in [5.74, 6) is -0.971. The molecule has 6 heteroatoms. The average molecular weight is 463 g/mol. The number of thioether (sulfide) groups is 1. The van der Waals surface area contributed by atoms with Gasteiger partial charge in [-0.15, -0.1) is 11.3 Å². The first-order valence-corrected chi connectivity index (χ1v) is 13.3. The van der Waals surface area contributed by atoms with E-state index in [1.807, 2.05) is 17.4 Å². The van der Waals surface area contributed by atoms with Crippen molar-refractivity contribution < 1.29 is 19.1 Å². The lowest BCUT2D eigenvalue weighted by atomic mass is 9.96. The molecule has 0 unspecified atom stereocenters. The van der Waals surface area contributed by atoms with Crippen molar-refractivity contribution in [2.24, 2.45) is 0 Å². The number of aryl methyl sites for hydroxylation is 2. The molecule has 1 heterocycles. The van der Waals surface area contributed by atoms with Gasteiger partial charge in [0, 0.05) is 14.5 Å². The Hall–Kier alpha value is -1.53. The number of hydrogen-bond acceptors (Lipinski definition) is 6. The number of esters is 2. The zero-order chi connectivity index (χ0) is 22.3. The molecule has 0 saturated heterocycles. The number of unbranched alkanes of at least 4 members (excludes halogenated alkanes) is 3. The van der Waals surface area contributed by atoms with Gasteiger partial charge in [-0.25, -0.2) is 9.59 Å². The molecule has 1 aliphatic rings. The molecule has 31 heavy (non-hydrogen) atoms. The van der Waals surface area contributed by atoms with E-state index in [1.165, 1.54) is 45.1 Å². The molecule has 4 nitrogen and oxygen atoms in total. The second-order valence-electron chi connectivity index (χ2n) is 8.05. The van der Waals surface area contributed by atoms with Gasteiger partial charge in [0.2, 0.25) is 4.75 Å². The Kier molecular flexibility index (Phi) is 8.85. The first-order chi connectivity index (χ1) is 15.1. The zero-order valence-corrected chi connectivity index (χ0v) is 20.6. The summed E-state index contributed by atoms with van der Waals surface area (Å²) in [6, 6.07) is 6.35. The fraction of sp³-hybridized carbons (Fsp3) is 0.600. The summed E-state index contributed by atoms with van der Waals surface area (Å²) in [7, 11) is 0. The molecular formula is C25H34O4S2. The number of fused-ring (bicyclic) bond motifs is 3. The minimum atomic E-state index is -1.36. The third kappa shape index (κ3) is 5.46. The van der Waals surface area contributed by atoms with E-state index >= 15 is 0 Å². The maximum atomic E-state index is 13.1. The van der Waals surface area contributed by atoms with Gasteiger partial charge in [-0.05, 0) is 69.0 Å². The van der Waals surface area contributed by atoms with Crippen LogP contribution in [-0.4, -0.2) is 29.9 Å². The largest absolute Gasteiger partial charge is 0.465 e. The van der Waals surface area contributed by atoms with Crippen LogP contribution in [0.2, 0.25) is 0 Å². The molecule has 2 aromatic rings. The van der Waals surface area contributed by atoms with Crippen LogP contribution in [0.5, 0.6) is 0 Å². The molecule has 1 aromatic heterocycles. The summed E-state index contributed by atoms with van der Waals surface area (Å²) in [6.07, 6.45) is 9.18. The standard InChI is InChI=1S/C25H34O4S2/c1-4-7-8-11-16-25(23(26)28-5-2,24(27)29-6-3)31-18-14-15-20-19-12-9-10-13-21(19)30-22(20)17-18/h14-15,17H,4-13,16H2,1-3H3. The van der Waals surface area contributed by atoms with Gasteiger partial charge in [0.1, 0.15) is 0 Å². The van der Waals surface area contributed by atoms with Gasteiger partial charge < -0.3 is 9.47 Å². The van der Waals surface area contributed by atoms with Crippen molar-refractivity contribution in [2.45, 2.75) is 88.2 Å². The van der Waals surface area contributed by atoms with Gasteiger partial charge >= 0.3 is 11.9 Å². The SMILES string of the molecule is CCCCCCC(Sc1ccc2c3c(sc2c1)CCCC3)(C(=O)OCC)C(=O)OCC. The van der Waals surface area contributed by atoms with Gasteiger partial charge in [0.25, 0.3) is 0 Å². The predicted octanol–water partition coefficient (Wildman–Crippen LogP) is 6.71. The van der Waals surface area contributed by atoms with E-state index in [0.29, 0.717) is 6.42 Å². The van der Waals surface area contributed by atoms with Crippen LogP contribution in [0.3, 0.4) is 0 Å².